The molecule has 1 aromatic carbocycles. The van der Waals surface area contributed by atoms with Gasteiger partial charge in [0.1, 0.15) is 5.60 Å². The van der Waals surface area contributed by atoms with Crippen molar-refractivity contribution in [3.63, 3.8) is 0 Å². The molecule has 3 heteroatoms. The largest absolute Gasteiger partial charge is 0.382 e. The lowest BCUT2D eigenvalue weighted by Crippen LogP contribution is -2.50. The van der Waals surface area contributed by atoms with Crippen molar-refractivity contribution in [3.8, 4) is 0 Å². The van der Waals surface area contributed by atoms with Crippen LogP contribution < -0.4 is 11.1 Å². The summed E-state index contributed by atoms with van der Waals surface area (Å²) in [4.78, 5) is 0. The van der Waals surface area contributed by atoms with Crippen LogP contribution in [0.5, 0.6) is 0 Å². The normalized spacial score (nSPS) is 25.1. The van der Waals surface area contributed by atoms with Crippen molar-refractivity contribution < 1.29 is 5.11 Å². The molecule has 0 radical (unpaired) electrons. The molecule has 0 aliphatic carbocycles. The molecule has 15 heavy (non-hydrogen) atoms. The maximum atomic E-state index is 10.6. The molecule has 1 fully saturated rings. The molecule has 0 spiro atoms. The highest BCUT2D eigenvalue weighted by atomic mass is 16.3. The van der Waals surface area contributed by atoms with Crippen LogP contribution in [0.1, 0.15) is 18.4 Å². The molecule has 2 atom stereocenters. The highest BCUT2D eigenvalue weighted by Crippen LogP contribution is 2.28. The number of nitrogens with one attached hydrogen (secondary N) is 1. The molecule has 0 bridgehead atoms. The van der Waals surface area contributed by atoms with Crippen LogP contribution in [0.3, 0.4) is 0 Å². The van der Waals surface area contributed by atoms with E-state index in [1.165, 1.54) is 0 Å². The molecule has 1 heterocycles. The van der Waals surface area contributed by atoms with Crippen LogP contribution in [0.4, 0.5) is 0 Å². The fraction of sp³-hybridized carbons (Fsp3) is 0.500. The number of nitrogens with two attached hydrogens (primary N) is 1. The van der Waals surface area contributed by atoms with Gasteiger partial charge < -0.3 is 16.2 Å². The lowest BCUT2D eigenvalue weighted by atomic mass is 9.85. The van der Waals surface area contributed by atoms with Gasteiger partial charge in [0, 0.05) is 12.6 Å². The Morgan fingerprint density at radius 2 is 2.13 bits per heavy atom. The minimum absolute atomic E-state index is 0.0879. The van der Waals surface area contributed by atoms with Crippen LogP contribution in [0.25, 0.3) is 0 Å². The monoisotopic (exact) mass is 206 g/mol. The second kappa shape index (κ2) is 4.31. The van der Waals surface area contributed by atoms with Gasteiger partial charge in [-0.05, 0) is 24.9 Å². The lowest BCUT2D eigenvalue weighted by Gasteiger charge is -2.33. The van der Waals surface area contributed by atoms with Crippen molar-refractivity contribution in [1.29, 1.82) is 0 Å². The minimum atomic E-state index is -0.919. The second-order valence-corrected chi connectivity index (χ2v) is 4.14. The summed E-state index contributed by atoms with van der Waals surface area (Å²) in [5, 5.41) is 13.9. The summed E-state index contributed by atoms with van der Waals surface area (Å²) in [6.45, 7) is 1.23. The average Bonchev–Trinajstić information content (AvgIpc) is 2.83. The first-order chi connectivity index (χ1) is 7.27. The van der Waals surface area contributed by atoms with Crippen LogP contribution in [0, 0.1) is 0 Å². The number of benzene rings is 1. The van der Waals surface area contributed by atoms with Gasteiger partial charge in [-0.3, -0.25) is 0 Å². The predicted octanol–water partition coefficient (Wildman–Crippen LogP) is 0.585. The molecule has 0 amide bonds. The molecule has 2 rings (SSSR count). The van der Waals surface area contributed by atoms with E-state index in [4.69, 9.17) is 5.73 Å². The number of rotatable bonds is 3. The maximum absolute atomic E-state index is 10.6. The summed E-state index contributed by atoms with van der Waals surface area (Å²) >= 11 is 0. The lowest BCUT2D eigenvalue weighted by molar-refractivity contribution is 0.0116. The molecule has 82 valence electrons. The van der Waals surface area contributed by atoms with E-state index in [-0.39, 0.29) is 12.6 Å². The first-order valence-electron chi connectivity index (χ1n) is 5.49. The van der Waals surface area contributed by atoms with Crippen molar-refractivity contribution in [1.82, 2.24) is 5.32 Å². The number of hydrogen-bond acceptors (Lipinski definition) is 3. The Balaban J connectivity index is 2.28. The third kappa shape index (κ3) is 1.91. The van der Waals surface area contributed by atoms with Gasteiger partial charge in [0.2, 0.25) is 0 Å². The Kier molecular flexibility index (Phi) is 3.05. The van der Waals surface area contributed by atoms with Crippen molar-refractivity contribution in [2.24, 2.45) is 5.73 Å². The van der Waals surface area contributed by atoms with E-state index in [2.05, 4.69) is 5.32 Å². The van der Waals surface area contributed by atoms with Gasteiger partial charge in [-0.25, -0.2) is 0 Å². The molecule has 2 unspecified atom stereocenters. The average molecular weight is 206 g/mol. The third-order valence-corrected chi connectivity index (χ3v) is 3.22. The predicted molar refractivity (Wildman–Crippen MR) is 60.4 cm³/mol. The Labute approximate surface area is 90.3 Å². The Morgan fingerprint density at radius 3 is 2.67 bits per heavy atom. The SMILES string of the molecule is NCC(O)(c1ccccc1)C1CCCN1. The molecule has 1 aromatic rings. The van der Waals surface area contributed by atoms with Gasteiger partial charge in [0.15, 0.2) is 0 Å². The summed E-state index contributed by atoms with van der Waals surface area (Å²) in [5.74, 6) is 0. The van der Waals surface area contributed by atoms with Crippen molar-refractivity contribution in [2.75, 3.05) is 13.1 Å². The summed E-state index contributed by atoms with van der Waals surface area (Å²) in [5.41, 5.74) is 5.72. The van der Waals surface area contributed by atoms with E-state index in [9.17, 15) is 5.11 Å². The van der Waals surface area contributed by atoms with E-state index < -0.39 is 5.60 Å². The zero-order valence-corrected chi connectivity index (χ0v) is 8.82. The van der Waals surface area contributed by atoms with Gasteiger partial charge in [-0.1, -0.05) is 30.3 Å². The van der Waals surface area contributed by atoms with E-state index in [1.54, 1.807) is 0 Å². The van der Waals surface area contributed by atoms with Crippen molar-refractivity contribution >= 4 is 0 Å². The molecule has 1 aliphatic heterocycles. The van der Waals surface area contributed by atoms with Crippen molar-refractivity contribution in [2.45, 2.75) is 24.5 Å². The Morgan fingerprint density at radius 1 is 1.40 bits per heavy atom. The molecule has 0 aromatic heterocycles. The van der Waals surface area contributed by atoms with Crippen LogP contribution in [0.15, 0.2) is 30.3 Å². The Bertz CT molecular complexity index is 309. The number of hydrogen-bond donors (Lipinski definition) is 3. The standard InChI is InChI=1S/C12H18N2O/c13-9-12(15,11-7-4-8-14-11)10-5-2-1-3-6-10/h1-3,5-6,11,14-15H,4,7-9,13H2. The quantitative estimate of drug-likeness (QED) is 0.678. The molecule has 1 saturated heterocycles. The minimum Gasteiger partial charge on any atom is -0.382 e. The molecule has 0 saturated carbocycles. The number of aliphatic hydroxyl groups is 1. The summed E-state index contributed by atoms with van der Waals surface area (Å²) < 4.78 is 0. The zero-order chi connectivity index (χ0) is 10.7. The third-order valence-electron chi connectivity index (χ3n) is 3.22. The Hall–Kier alpha value is -0.900. The second-order valence-electron chi connectivity index (χ2n) is 4.14. The van der Waals surface area contributed by atoms with Gasteiger partial charge in [-0.2, -0.15) is 0 Å². The molecule has 1 aliphatic rings. The van der Waals surface area contributed by atoms with Gasteiger partial charge >= 0.3 is 0 Å². The van der Waals surface area contributed by atoms with Crippen LogP contribution >= 0.6 is 0 Å². The zero-order valence-electron chi connectivity index (χ0n) is 8.82. The topological polar surface area (TPSA) is 58.3 Å². The molecule has 3 nitrogen and oxygen atoms in total. The summed E-state index contributed by atoms with van der Waals surface area (Å²) in [7, 11) is 0. The van der Waals surface area contributed by atoms with Gasteiger partial charge in [0.05, 0.1) is 0 Å². The van der Waals surface area contributed by atoms with E-state index in [1.807, 2.05) is 30.3 Å². The maximum Gasteiger partial charge on any atom is 0.117 e. The van der Waals surface area contributed by atoms with Gasteiger partial charge in [-0.15, -0.1) is 0 Å². The highest BCUT2D eigenvalue weighted by Gasteiger charge is 2.38. The smallest absolute Gasteiger partial charge is 0.117 e. The summed E-state index contributed by atoms with van der Waals surface area (Å²) in [6.07, 6.45) is 2.10. The van der Waals surface area contributed by atoms with E-state index in [0.717, 1.165) is 24.9 Å². The van der Waals surface area contributed by atoms with Crippen molar-refractivity contribution in [3.05, 3.63) is 35.9 Å². The highest BCUT2D eigenvalue weighted by molar-refractivity contribution is 5.25. The van der Waals surface area contributed by atoms with E-state index in [0.29, 0.717) is 0 Å². The molecular weight excluding hydrogens is 188 g/mol. The first kappa shape index (κ1) is 10.6. The summed E-state index contributed by atoms with van der Waals surface area (Å²) in [6, 6.07) is 9.78. The molecular formula is C12H18N2O. The van der Waals surface area contributed by atoms with Crippen LogP contribution in [0.2, 0.25) is 0 Å². The van der Waals surface area contributed by atoms with Crippen LogP contribution in [-0.4, -0.2) is 24.2 Å². The van der Waals surface area contributed by atoms with Crippen LogP contribution in [-0.2, 0) is 5.60 Å². The van der Waals surface area contributed by atoms with E-state index >= 15 is 0 Å². The molecule has 4 N–H and O–H groups in total. The fourth-order valence-electron chi connectivity index (χ4n) is 2.28. The first-order valence-corrected chi connectivity index (χ1v) is 5.49. The van der Waals surface area contributed by atoms with Gasteiger partial charge in [0.25, 0.3) is 0 Å². The fourth-order valence-corrected chi connectivity index (χ4v) is 2.28.